The highest BCUT2D eigenvalue weighted by atomic mass is 16.5. The number of alkyl carbamates (subject to hydrolysis) is 1. The van der Waals surface area contributed by atoms with Gasteiger partial charge in [0.05, 0.1) is 11.5 Å². The lowest BCUT2D eigenvalue weighted by atomic mass is 9.98. The number of carbonyl (C=O) groups is 3. The van der Waals surface area contributed by atoms with Crippen molar-refractivity contribution < 1.29 is 24.2 Å². The Balaban J connectivity index is 1.25. The Labute approximate surface area is 197 Å². The molecule has 7 nitrogen and oxygen atoms in total. The number of rotatable bonds is 8. The lowest BCUT2D eigenvalue weighted by molar-refractivity contribution is -0.124. The molecule has 0 saturated heterocycles. The van der Waals surface area contributed by atoms with E-state index < -0.39 is 18.0 Å². The van der Waals surface area contributed by atoms with Gasteiger partial charge in [-0.2, -0.15) is 0 Å². The van der Waals surface area contributed by atoms with E-state index in [4.69, 9.17) is 9.84 Å². The second-order valence-electron chi connectivity index (χ2n) is 8.33. The van der Waals surface area contributed by atoms with Crippen LogP contribution in [0.15, 0.2) is 72.8 Å². The van der Waals surface area contributed by atoms with Gasteiger partial charge in [-0.05, 0) is 39.9 Å². The monoisotopic (exact) mass is 458 g/mol. The van der Waals surface area contributed by atoms with Crippen LogP contribution in [-0.2, 0) is 16.1 Å². The molecule has 0 aromatic heterocycles. The largest absolute Gasteiger partial charge is 0.478 e. The van der Waals surface area contributed by atoms with Gasteiger partial charge in [0.25, 0.3) is 0 Å². The quantitative estimate of drug-likeness (QED) is 0.470. The first-order valence-corrected chi connectivity index (χ1v) is 11.1. The Bertz CT molecular complexity index is 1180. The van der Waals surface area contributed by atoms with Gasteiger partial charge < -0.3 is 20.5 Å². The summed E-state index contributed by atoms with van der Waals surface area (Å²) in [5.74, 6) is -1.78. The molecule has 0 saturated carbocycles. The molecule has 3 N–H and O–H groups in total. The van der Waals surface area contributed by atoms with Gasteiger partial charge in [0.2, 0.25) is 5.91 Å². The summed E-state index contributed by atoms with van der Waals surface area (Å²) in [4.78, 5) is 35.7. The van der Waals surface area contributed by atoms with Gasteiger partial charge in [0.1, 0.15) is 6.61 Å². The van der Waals surface area contributed by atoms with E-state index in [1.54, 1.807) is 19.1 Å². The molecule has 4 rings (SSSR count). The minimum Gasteiger partial charge on any atom is -0.478 e. The summed E-state index contributed by atoms with van der Waals surface area (Å²) in [6, 6.07) is 22.6. The number of carboxylic acids is 1. The standard InChI is InChI=1S/C27H26N2O5/c1-17(25(30)28-15-18-7-6-8-19(13-18)26(31)32)14-29-27(33)34-16-24-22-11-4-2-9-20(22)21-10-3-5-12-23(21)24/h2-13,17,24H,14-16H2,1H3,(H,28,30)(H,29,33)(H,31,32). The van der Waals surface area contributed by atoms with Crippen molar-refractivity contribution in [3.05, 3.63) is 95.1 Å². The van der Waals surface area contributed by atoms with Crippen molar-refractivity contribution in [3.8, 4) is 11.1 Å². The van der Waals surface area contributed by atoms with E-state index >= 15 is 0 Å². The van der Waals surface area contributed by atoms with E-state index in [0.29, 0.717) is 5.56 Å². The molecule has 3 aromatic rings. The molecule has 0 fully saturated rings. The highest BCUT2D eigenvalue weighted by Crippen LogP contribution is 2.44. The zero-order valence-electron chi connectivity index (χ0n) is 18.8. The van der Waals surface area contributed by atoms with Crippen molar-refractivity contribution in [2.45, 2.75) is 19.4 Å². The zero-order chi connectivity index (χ0) is 24.1. The van der Waals surface area contributed by atoms with Crippen LogP contribution in [-0.4, -0.2) is 36.2 Å². The number of ether oxygens (including phenoxy) is 1. The van der Waals surface area contributed by atoms with E-state index in [1.807, 2.05) is 24.3 Å². The van der Waals surface area contributed by atoms with Gasteiger partial charge in [0.15, 0.2) is 0 Å². The SMILES string of the molecule is CC(CNC(=O)OCC1c2ccccc2-c2ccccc21)C(=O)NCc1cccc(C(=O)O)c1. The number of nitrogens with one attached hydrogen (secondary N) is 2. The van der Waals surface area contributed by atoms with Crippen LogP contribution in [0.1, 0.15) is 39.9 Å². The number of hydrogen-bond donors (Lipinski definition) is 3. The second-order valence-corrected chi connectivity index (χ2v) is 8.33. The van der Waals surface area contributed by atoms with Crippen LogP contribution in [0.5, 0.6) is 0 Å². The summed E-state index contributed by atoms with van der Waals surface area (Å²) in [6.45, 7) is 2.24. The van der Waals surface area contributed by atoms with E-state index in [2.05, 4.69) is 34.9 Å². The third kappa shape index (κ3) is 5.09. The van der Waals surface area contributed by atoms with Crippen LogP contribution in [0.25, 0.3) is 11.1 Å². The van der Waals surface area contributed by atoms with Crippen LogP contribution in [0.4, 0.5) is 4.79 Å². The van der Waals surface area contributed by atoms with Gasteiger partial charge in [0, 0.05) is 19.0 Å². The van der Waals surface area contributed by atoms with Crippen LogP contribution in [0.3, 0.4) is 0 Å². The van der Waals surface area contributed by atoms with Gasteiger partial charge >= 0.3 is 12.1 Å². The number of carbonyl (C=O) groups excluding carboxylic acids is 2. The molecular formula is C27H26N2O5. The molecule has 1 atom stereocenters. The minimum atomic E-state index is -1.02. The Morgan fingerprint density at radius 1 is 0.912 bits per heavy atom. The van der Waals surface area contributed by atoms with Crippen molar-refractivity contribution in [1.29, 1.82) is 0 Å². The fraction of sp³-hybridized carbons (Fsp3) is 0.222. The van der Waals surface area contributed by atoms with Crippen LogP contribution in [0.2, 0.25) is 0 Å². The summed E-state index contributed by atoms with van der Waals surface area (Å²) in [5.41, 5.74) is 5.44. The Morgan fingerprint density at radius 2 is 1.56 bits per heavy atom. The average Bonchev–Trinajstić information content (AvgIpc) is 3.18. The number of hydrogen-bond acceptors (Lipinski definition) is 4. The zero-order valence-corrected chi connectivity index (χ0v) is 18.8. The number of carboxylic acid groups (broad SMARTS) is 1. The summed E-state index contributed by atoms with van der Waals surface area (Å²) < 4.78 is 5.50. The predicted molar refractivity (Wildman–Crippen MR) is 127 cm³/mol. The van der Waals surface area contributed by atoms with Crippen molar-refractivity contribution in [1.82, 2.24) is 10.6 Å². The fourth-order valence-corrected chi connectivity index (χ4v) is 4.16. The maximum absolute atomic E-state index is 12.4. The molecule has 0 heterocycles. The third-order valence-corrected chi connectivity index (χ3v) is 5.98. The summed E-state index contributed by atoms with van der Waals surface area (Å²) in [6.07, 6.45) is -0.573. The van der Waals surface area contributed by atoms with Crippen LogP contribution in [0, 0.1) is 5.92 Å². The number of amides is 2. The molecule has 0 spiro atoms. The van der Waals surface area contributed by atoms with Crippen molar-refractivity contribution in [2.24, 2.45) is 5.92 Å². The normalized spacial score (nSPS) is 12.9. The molecule has 0 aliphatic heterocycles. The van der Waals surface area contributed by atoms with Gasteiger partial charge in [-0.1, -0.05) is 67.6 Å². The van der Waals surface area contributed by atoms with Gasteiger partial charge in [-0.25, -0.2) is 9.59 Å². The molecule has 1 aliphatic rings. The lowest BCUT2D eigenvalue weighted by Gasteiger charge is -2.16. The highest BCUT2D eigenvalue weighted by molar-refractivity contribution is 5.87. The first-order chi connectivity index (χ1) is 16.4. The van der Waals surface area contributed by atoms with E-state index in [9.17, 15) is 14.4 Å². The molecule has 0 bridgehead atoms. The van der Waals surface area contributed by atoms with E-state index in [0.717, 1.165) is 22.3 Å². The van der Waals surface area contributed by atoms with Gasteiger partial charge in [-0.15, -0.1) is 0 Å². The topological polar surface area (TPSA) is 105 Å². The first-order valence-electron chi connectivity index (χ1n) is 11.1. The molecular weight excluding hydrogens is 432 g/mol. The average molecular weight is 459 g/mol. The minimum absolute atomic E-state index is 0.0274. The Hall–Kier alpha value is -4.13. The summed E-state index contributed by atoms with van der Waals surface area (Å²) >= 11 is 0. The summed E-state index contributed by atoms with van der Waals surface area (Å²) in [7, 11) is 0. The van der Waals surface area contributed by atoms with Gasteiger partial charge in [-0.3, -0.25) is 4.79 Å². The first kappa shape index (κ1) is 23.0. The number of aromatic carboxylic acids is 1. The van der Waals surface area contributed by atoms with E-state index in [-0.39, 0.29) is 37.1 Å². The smallest absolute Gasteiger partial charge is 0.407 e. The lowest BCUT2D eigenvalue weighted by Crippen LogP contribution is -2.37. The molecule has 0 radical (unpaired) electrons. The predicted octanol–water partition coefficient (Wildman–Crippen LogP) is 4.18. The molecule has 1 aliphatic carbocycles. The number of fused-ring (bicyclic) bond motifs is 3. The second kappa shape index (κ2) is 10.2. The Kier molecular flexibility index (Phi) is 6.92. The van der Waals surface area contributed by atoms with Crippen molar-refractivity contribution >= 4 is 18.0 Å². The molecule has 34 heavy (non-hydrogen) atoms. The van der Waals surface area contributed by atoms with Crippen molar-refractivity contribution in [2.75, 3.05) is 13.2 Å². The molecule has 1 unspecified atom stereocenters. The highest BCUT2D eigenvalue weighted by Gasteiger charge is 2.29. The van der Waals surface area contributed by atoms with Crippen LogP contribution >= 0.6 is 0 Å². The van der Waals surface area contributed by atoms with E-state index in [1.165, 1.54) is 12.1 Å². The Morgan fingerprint density at radius 3 is 2.21 bits per heavy atom. The maximum Gasteiger partial charge on any atom is 0.407 e. The molecule has 3 aromatic carbocycles. The van der Waals surface area contributed by atoms with Crippen molar-refractivity contribution in [3.63, 3.8) is 0 Å². The third-order valence-electron chi connectivity index (χ3n) is 5.98. The molecule has 7 heteroatoms. The maximum atomic E-state index is 12.4. The number of benzene rings is 3. The fourth-order valence-electron chi connectivity index (χ4n) is 4.16. The molecule has 174 valence electrons. The molecule has 2 amide bonds. The summed E-state index contributed by atoms with van der Waals surface area (Å²) in [5, 5.41) is 14.5. The van der Waals surface area contributed by atoms with Crippen LogP contribution < -0.4 is 10.6 Å².